The SMILES string of the molecule is CC(C)N(CCN1CCCCCC1)C(=O)CCn1ccc(=O)[nH]c1=O. The monoisotopic (exact) mass is 350 g/mol. The molecule has 1 aromatic rings. The fourth-order valence-corrected chi connectivity index (χ4v) is 3.26. The molecular weight excluding hydrogens is 320 g/mol. The zero-order chi connectivity index (χ0) is 18.2. The molecule has 0 aliphatic carbocycles. The lowest BCUT2D eigenvalue weighted by Gasteiger charge is -2.30. The molecule has 0 spiro atoms. The number of hydrogen-bond donors (Lipinski definition) is 1. The first kappa shape index (κ1) is 19.4. The van der Waals surface area contributed by atoms with Crippen LogP contribution in [0.15, 0.2) is 21.9 Å². The molecule has 1 fully saturated rings. The first-order chi connectivity index (χ1) is 12.0. The lowest BCUT2D eigenvalue weighted by Crippen LogP contribution is -2.43. The van der Waals surface area contributed by atoms with Gasteiger partial charge in [-0.3, -0.25) is 14.6 Å². The number of carbonyl (C=O) groups is 1. The second kappa shape index (κ2) is 9.56. The fourth-order valence-electron chi connectivity index (χ4n) is 3.26. The van der Waals surface area contributed by atoms with Crippen LogP contribution in [0.25, 0.3) is 0 Å². The van der Waals surface area contributed by atoms with Gasteiger partial charge in [0.05, 0.1) is 0 Å². The van der Waals surface area contributed by atoms with Crippen molar-refractivity contribution in [1.29, 1.82) is 0 Å². The molecule has 1 aromatic heterocycles. The van der Waals surface area contributed by atoms with E-state index < -0.39 is 11.2 Å². The molecule has 0 aromatic carbocycles. The van der Waals surface area contributed by atoms with Crippen LogP contribution in [-0.4, -0.2) is 57.5 Å². The van der Waals surface area contributed by atoms with Gasteiger partial charge in [0.2, 0.25) is 5.91 Å². The van der Waals surface area contributed by atoms with Gasteiger partial charge in [-0.2, -0.15) is 0 Å². The molecule has 1 aliphatic rings. The third-order valence-electron chi connectivity index (χ3n) is 4.76. The van der Waals surface area contributed by atoms with Gasteiger partial charge in [-0.25, -0.2) is 4.79 Å². The third kappa shape index (κ3) is 6.16. The van der Waals surface area contributed by atoms with E-state index in [0.29, 0.717) is 0 Å². The first-order valence-electron chi connectivity index (χ1n) is 9.29. The zero-order valence-electron chi connectivity index (χ0n) is 15.4. The van der Waals surface area contributed by atoms with Crippen LogP contribution in [0, 0.1) is 0 Å². The Bertz CT molecular complexity index is 657. The average molecular weight is 350 g/mol. The minimum Gasteiger partial charge on any atom is -0.339 e. The van der Waals surface area contributed by atoms with Crippen molar-refractivity contribution in [3.63, 3.8) is 0 Å². The van der Waals surface area contributed by atoms with Crippen LogP contribution in [-0.2, 0) is 11.3 Å². The number of hydrogen-bond acceptors (Lipinski definition) is 4. The summed E-state index contributed by atoms with van der Waals surface area (Å²) in [6, 6.07) is 1.43. The highest BCUT2D eigenvalue weighted by Gasteiger charge is 2.18. The van der Waals surface area contributed by atoms with E-state index in [-0.39, 0.29) is 24.9 Å². The van der Waals surface area contributed by atoms with Gasteiger partial charge in [0.1, 0.15) is 0 Å². The Hall–Kier alpha value is -1.89. The highest BCUT2D eigenvalue weighted by Crippen LogP contribution is 2.10. The number of likely N-dealkylation sites (tertiary alicyclic amines) is 1. The molecular formula is C18H30N4O3. The van der Waals surface area contributed by atoms with E-state index in [4.69, 9.17) is 0 Å². The Morgan fingerprint density at radius 2 is 1.84 bits per heavy atom. The molecule has 1 saturated heterocycles. The summed E-state index contributed by atoms with van der Waals surface area (Å²) in [5.41, 5.74) is -0.894. The van der Waals surface area contributed by atoms with Crippen molar-refractivity contribution in [2.75, 3.05) is 26.2 Å². The summed E-state index contributed by atoms with van der Waals surface area (Å²) in [5.74, 6) is 0.0444. The molecule has 0 atom stereocenters. The van der Waals surface area contributed by atoms with E-state index in [0.717, 1.165) is 26.2 Å². The predicted molar refractivity (Wildman–Crippen MR) is 97.7 cm³/mol. The van der Waals surface area contributed by atoms with E-state index >= 15 is 0 Å². The number of carbonyl (C=O) groups excluding carboxylic acids is 1. The number of H-pyrrole nitrogens is 1. The highest BCUT2D eigenvalue weighted by molar-refractivity contribution is 5.76. The number of amides is 1. The summed E-state index contributed by atoms with van der Waals surface area (Å²) in [7, 11) is 0. The minimum absolute atomic E-state index is 0.0444. The van der Waals surface area contributed by atoms with Crippen molar-refractivity contribution < 1.29 is 4.79 Å². The van der Waals surface area contributed by atoms with Gasteiger partial charge in [-0.05, 0) is 39.8 Å². The molecule has 2 heterocycles. The maximum absolute atomic E-state index is 12.6. The Labute approximate surface area is 148 Å². The number of aryl methyl sites for hydroxylation is 1. The lowest BCUT2D eigenvalue weighted by molar-refractivity contribution is -0.133. The molecule has 7 heteroatoms. The van der Waals surface area contributed by atoms with Crippen LogP contribution in [0.1, 0.15) is 46.0 Å². The molecule has 0 saturated carbocycles. The van der Waals surface area contributed by atoms with Crippen LogP contribution >= 0.6 is 0 Å². The summed E-state index contributed by atoms with van der Waals surface area (Å²) >= 11 is 0. The summed E-state index contributed by atoms with van der Waals surface area (Å²) in [5, 5.41) is 0. The Kier molecular flexibility index (Phi) is 7.43. The number of aromatic nitrogens is 2. The standard InChI is InChI=1S/C18H30N4O3/c1-15(2)22(14-13-20-9-5-3-4-6-10-20)17(24)8-12-21-11-7-16(23)19-18(21)25/h7,11,15H,3-6,8-10,12-14H2,1-2H3,(H,19,23,25). The van der Waals surface area contributed by atoms with Gasteiger partial charge in [-0.1, -0.05) is 12.8 Å². The zero-order valence-corrected chi connectivity index (χ0v) is 15.4. The van der Waals surface area contributed by atoms with Crippen LogP contribution < -0.4 is 11.2 Å². The fraction of sp³-hybridized carbons (Fsp3) is 0.722. The summed E-state index contributed by atoms with van der Waals surface area (Å²) < 4.78 is 1.37. The minimum atomic E-state index is -0.471. The first-order valence-corrected chi connectivity index (χ1v) is 9.29. The average Bonchev–Trinajstić information content (AvgIpc) is 2.82. The Morgan fingerprint density at radius 3 is 2.44 bits per heavy atom. The molecule has 1 amide bonds. The van der Waals surface area contributed by atoms with Gasteiger partial charge in [0.25, 0.3) is 5.56 Å². The normalized spacial score (nSPS) is 16.0. The Balaban J connectivity index is 1.88. The third-order valence-corrected chi connectivity index (χ3v) is 4.76. The maximum Gasteiger partial charge on any atom is 0.328 e. The van der Waals surface area contributed by atoms with E-state index in [1.54, 1.807) is 0 Å². The van der Waals surface area contributed by atoms with Gasteiger partial charge < -0.3 is 14.4 Å². The molecule has 1 N–H and O–H groups in total. The summed E-state index contributed by atoms with van der Waals surface area (Å²) in [6.07, 6.45) is 6.78. The van der Waals surface area contributed by atoms with Crippen molar-refractivity contribution in [2.24, 2.45) is 0 Å². The molecule has 140 valence electrons. The molecule has 1 aliphatic heterocycles. The van der Waals surface area contributed by atoms with Crippen LogP contribution in [0.3, 0.4) is 0 Å². The summed E-state index contributed by atoms with van der Waals surface area (Å²) in [4.78, 5) is 41.9. The lowest BCUT2D eigenvalue weighted by atomic mass is 10.2. The number of rotatable bonds is 7. The molecule has 2 rings (SSSR count). The smallest absolute Gasteiger partial charge is 0.328 e. The van der Waals surface area contributed by atoms with E-state index in [1.165, 1.54) is 42.5 Å². The van der Waals surface area contributed by atoms with Crippen molar-refractivity contribution >= 4 is 5.91 Å². The molecule has 25 heavy (non-hydrogen) atoms. The van der Waals surface area contributed by atoms with Crippen LogP contribution in [0.5, 0.6) is 0 Å². The molecule has 0 unspecified atom stereocenters. The topological polar surface area (TPSA) is 78.4 Å². The number of nitrogens with one attached hydrogen (secondary N) is 1. The second-order valence-corrected chi connectivity index (χ2v) is 6.99. The van der Waals surface area contributed by atoms with Crippen molar-refractivity contribution in [3.8, 4) is 0 Å². The van der Waals surface area contributed by atoms with Crippen molar-refractivity contribution in [3.05, 3.63) is 33.1 Å². The second-order valence-electron chi connectivity index (χ2n) is 6.99. The molecule has 0 bridgehead atoms. The maximum atomic E-state index is 12.6. The number of nitrogens with zero attached hydrogens (tertiary/aromatic N) is 3. The van der Waals surface area contributed by atoms with Gasteiger partial charge in [0.15, 0.2) is 0 Å². The van der Waals surface area contributed by atoms with Gasteiger partial charge >= 0.3 is 5.69 Å². The molecule has 0 radical (unpaired) electrons. The largest absolute Gasteiger partial charge is 0.339 e. The van der Waals surface area contributed by atoms with Gasteiger partial charge in [-0.15, -0.1) is 0 Å². The number of aromatic amines is 1. The summed E-state index contributed by atoms with van der Waals surface area (Å²) in [6.45, 7) is 8.18. The van der Waals surface area contributed by atoms with Crippen LogP contribution in [0.4, 0.5) is 0 Å². The van der Waals surface area contributed by atoms with E-state index in [9.17, 15) is 14.4 Å². The Morgan fingerprint density at radius 1 is 1.16 bits per heavy atom. The van der Waals surface area contributed by atoms with E-state index in [1.807, 2.05) is 18.7 Å². The van der Waals surface area contributed by atoms with E-state index in [2.05, 4.69) is 9.88 Å². The van der Waals surface area contributed by atoms with Crippen molar-refractivity contribution in [1.82, 2.24) is 19.4 Å². The van der Waals surface area contributed by atoms with Crippen LogP contribution in [0.2, 0.25) is 0 Å². The predicted octanol–water partition coefficient (Wildman–Crippen LogP) is 1.04. The quantitative estimate of drug-likeness (QED) is 0.797. The molecule has 7 nitrogen and oxygen atoms in total. The van der Waals surface area contributed by atoms with Gasteiger partial charge in [0, 0.05) is 44.4 Å². The highest BCUT2D eigenvalue weighted by atomic mass is 16.2. The van der Waals surface area contributed by atoms with Crippen molar-refractivity contribution in [2.45, 2.75) is 58.5 Å².